The standard InChI is InChI=1S/C18H12OS/c19-16-11-13-6-2-4-8-17(13)20-18-14-7-3-1-5-12(14)9-10-15(16)18/h1-10H,11H2. The summed E-state index contributed by atoms with van der Waals surface area (Å²) < 4.78 is 0. The van der Waals surface area contributed by atoms with Crippen LogP contribution >= 0.6 is 11.8 Å². The molecule has 3 aromatic carbocycles. The lowest BCUT2D eigenvalue weighted by atomic mass is 10.00. The molecule has 96 valence electrons. The minimum Gasteiger partial charge on any atom is -0.294 e. The van der Waals surface area contributed by atoms with Crippen molar-refractivity contribution in [3.63, 3.8) is 0 Å². The Hall–Kier alpha value is -2.06. The highest BCUT2D eigenvalue weighted by atomic mass is 32.2. The number of carbonyl (C=O) groups is 1. The Balaban J connectivity index is 2.03. The summed E-state index contributed by atoms with van der Waals surface area (Å²) in [7, 11) is 0. The van der Waals surface area contributed by atoms with E-state index in [4.69, 9.17) is 0 Å². The van der Waals surface area contributed by atoms with Gasteiger partial charge in [-0.25, -0.2) is 0 Å². The topological polar surface area (TPSA) is 17.1 Å². The molecule has 0 amide bonds. The molecule has 1 nitrogen and oxygen atoms in total. The molecule has 0 saturated carbocycles. The third-order valence-corrected chi connectivity index (χ3v) is 4.98. The third-order valence-electron chi connectivity index (χ3n) is 3.72. The highest BCUT2D eigenvalue weighted by Crippen LogP contribution is 2.40. The highest BCUT2D eigenvalue weighted by molar-refractivity contribution is 7.99. The van der Waals surface area contributed by atoms with Crippen molar-refractivity contribution in [3.8, 4) is 0 Å². The normalized spacial score (nSPS) is 13.7. The van der Waals surface area contributed by atoms with Crippen LogP contribution in [0.2, 0.25) is 0 Å². The second-order valence-electron chi connectivity index (χ2n) is 4.97. The van der Waals surface area contributed by atoms with Crippen LogP contribution in [0.15, 0.2) is 70.5 Å². The van der Waals surface area contributed by atoms with E-state index in [1.807, 2.05) is 42.5 Å². The van der Waals surface area contributed by atoms with E-state index < -0.39 is 0 Å². The molecule has 3 aromatic rings. The van der Waals surface area contributed by atoms with E-state index in [0.29, 0.717) is 6.42 Å². The Morgan fingerprint density at radius 1 is 0.850 bits per heavy atom. The summed E-state index contributed by atoms with van der Waals surface area (Å²) in [5.41, 5.74) is 1.98. The van der Waals surface area contributed by atoms with Gasteiger partial charge in [0, 0.05) is 21.8 Å². The number of hydrogen-bond acceptors (Lipinski definition) is 2. The molecule has 0 N–H and O–H groups in total. The fraction of sp³-hybridized carbons (Fsp3) is 0.0556. The first-order valence-electron chi connectivity index (χ1n) is 6.63. The van der Waals surface area contributed by atoms with Crippen LogP contribution in [0, 0.1) is 0 Å². The minimum atomic E-state index is 0.211. The Morgan fingerprint density at radius 2 is 1.65 bits per heavy atom. The Kier molecular flexibility index (Phi) is 2.64. The highest BCUT2D eigenvalue weighted by Gasteiger charge is 2.21. The first kappa shape index (κ1) is 11.7. The van der Waals surface area contributed by atoms with Crippen molar-refractivity contribution in [1.82, 2.24) is 0 Å². The van der Waals surface area contributed by atoms with Gasteiger partial charge in [0.2, 0.25) is 0 Å². The predicted molar refractivity (Wildman–Crippen MR) is 82.5 cm³/mol. The summed E-state index contributed by atoms with van der Waals surface area (Å²) in [6.07, 6.45) is 0.495. The van der Waals surface area contributed by atoms with Gasteiger partial charge in [-0.1, -0.05) is 60.3 Å². The molecule has 0 unspecified atom stereocenters. The zero-order valence-electron chi connectivity index (χ0n) is 10.8. The van der Waals surface area contributed by atoms with Gasteiger partial charge in [0.05, 0.1) is 0 Å². The van der Waals surface area contributed by atoms with Gasteiger partial charge in [-0.3, -0.25) is 4.79 Å². The maximum absolute atomic E-state index is 12.5. The molecular weight excluding hydrogens is 264 g/mol. The van der Waals surface area contributed by atoms with E-state index in [1.165, 1.54) is 15.7 Å². The molecule has 2 heteroatoms. The van der Waals surface area contributed by atoms with Crippen LogP contribution in [0.1, 0.15) is 15.9 Å². The van der Waals surface area contributed by atoms with Gasteiger partial charge >= 0.3 is 0 Å². The molecule has 0 aliphatic carbocycles. The Morgan fingerprint density at radius 3 is 2.60 bits per heavy atom. The molecule has 0 radical (unpaired) electrons. The van der Waals surface area contributed by atoms with E-state index in [1.54, 1.807) is 11.8 Å². The second-order valence-corrected chi connectivity index (χ2v) is 6.03. The first-order chi connectivity index (χ1) is 9.83. The maximum atomic E-state index is 12.5. The zero-order chi connectivity index (χ0) is 13.5. The first-order valence-corrected chi connectivity index (χ1v) is 7.45. The van der Waals surface area contributed by atoms with Crippen molar-refractivity contribution >= 4 is 28.3 Å². The van der Waals surface area contributed by atoms with Crippen molar-refractivity contribution in [2.45, 2.75) is 16.2 Å². The van der Waals surface area contributed by atoms with Crippen LogP contribution in [0.5, 0.6) is 0 Å². The molecule has 0 saturated heterocycles. The summed E-state index contributed by atoms with van der Waals surface area (Å²) in [5.74, 6) is 0.211. The van der Waals surface area contributed by atoms with E-state index in [-0.39, 0.29) is 5.78 Å². The van der Waals surface area contributed by atoms with Gasteiger partial charge in [0.1, 0.15) is 0 Å². The van der Waals surface area contributed by atoms with Crippen LogP contribution < -0.4 is 0 Å². The van der Waals surface area contributed by atoms with E-state index in [2.05, 4.69) is 18.2 Å². The lowest BCUT2D eigenvalue weighted by Gasteiger charge is -2.09. The van der Waals surface area contributed by atoms with Crippen LogP contribution in [0.3, 0.4) is 0 Å². The van der Waals surface area contributed by atoms with Crippen LogP contribution in [-0.2, 0) is 6.42 Å². The lowest BCUT2D eigenvalue weighted by Crippen LogP contribution is -2.03. The second kappa shape index (κ2) is 4.50. The number of fused-ring (bicyclic) bond motifs is 4. The van der Waals surface area contributed by atoms with Crippen LogP contribution in [0.4, 0.5) is 0 Å². The fourth-order valence-electron chi connectivity index (χ4n) is 2.70. The zero-order valence-corrected chi connectivity index (χ0v) is 11.6. The summed E-state index contributed by atoms with van der Waals surface area (Å²) in [4.78, 5) is 14.8. The number of benzene rings is 3. The van der Waals surface area contributed by atoms with Crippen molar-refractivity contribution in [2.75, 3.05) is 0 Å². The Labute approximate surface area is 121 Å². The summed E-state index contributed by atoms with van der Waals surface area (Å²) in [5, 5.41) is 2.35. The molecule has 0 bridgehead atoms. The average molecular weight is 276 g/mol. The smallest absolute Gasteiger partial charge is 0.168 e. The maximum Gasteiger partial charge on any atom is 0.168 e. The van der Waals surface area contributed by atoms with Gasteiger partial charge < -0.3 is 0 Å². The van der Waals surface area contributed by atoms with Crippen molar-refractivity contribution in [3.05, 3.63) is 71.8 Å². The summed E-state index contributed by atoms with van der Waals surface area (Å²) in [6.45, 7) is 0. The third kappa shape index (κ3) is 1.76. The molecule has 0 aromatic heterocycles. The largest absolute Gasteiger partial charge is 0.294 e. The quantitative estimate of drug-likeness (QED) is 0.590. The molecule has 1 heterocycles. The molecule has 0 atom stereocenters. The van der Waals surface area contributed by atoms with Gasteiger partial charge in [-0.05, 0) is 28.5 Å². The fourth-order valence-corrected chi connectivity index (χ4v) is 3.93. The van der Waals surface area contributed by atoms with Gasteiger partial charge in [-0.2, -0.15) is 0 Å². The molecule has 0 fully saturated rings. The van der Waals surface area contributed by atoms with E-state index in [0.717, 1.165) is 16.0 Å². The molecule has 0 spiro atoms. The number of ketones is 1. The van der Waals surface area contributed by atoms with Gasteiger partial charge in [0.15, 0.2) is 5.78 Å². The Bertz CT molecular complexity index is 836. The summed E-state index contributed by atoms with van der Waals surface area (Å²) in [6, 6.07) is 20.5. The van der Waals surface area contributed by atoms with Gasteiger partial charge in [-0.15, -0.1) is 0 Å². The predicted octanol–water partition coefficient (Wildman–Crippen LogP) is 4.73. The molecule has 1 aliphatic rings. The van der Waals surface area contributed by atoms with Crippen LogP contribution in [0.25, 0.3) is 10.8 Å². The van der Waals surface area contributed by atoms with Crippen molar-refractivity contribution < 1.29 is 4.79 Å². The van der Waals surface area contributed by atoms with Crippen LogP contribution in [-0.4, -0.2) is 5.78 Å². The molecular formula is C18H12OS. The SMILES string of the molecule is O=C1Cc2ccccc2Sc2c1ccc1ccccc21. The van der Waals surface area contributed by atoms with E-state index in [9.17, 15) is 4.79 Å². The molecule has 1 aliphatic heterocycles. The number of Topliss-reactive ketones (excluding diaryl/α,β-unsaturated/α-hetero) is 1. The number of hydrogen-bond donors (Lipinski definition) is 0. The molecule has 4 rings (SSSR count). The lowest BCUT2D eigenvalue weighted by molar-refractivity contribution is 0.0990. The molecule has 20 heavy (non-hydrogen) atoms. The van der Waals surface area contributed by atoms with E-state index >= 15 is 0 Å². The monoisotopic (exact) mass is 276 g/mol. The van der Waals surface area contributed by atoms with Gasteiger partial charge in [0.25, 0.3) is 0 Å². The minimum absolute atomic E-state index is 0.211. The number of carbonyl (C=O) groups excluding carboxylic acids is 1. The average Bonchev–Trinajstić information content (AvgIpc) is 2.63. The van der Waals surface area contributed by atoms with Crippen molar-refractivity contribution in [1.29, 1.82) is 0 Å². The summed E-state index contributed by atoms with van der Waals surface area (Å²) >= 11 is 1.72. The number of rotatable bonds is 0. The van der Waals surface area contributed by atoms with Crippen molar-refractivity contribution in [2.24, 2.45) is 0 Å².